The first-order valence-electron chi connectivity index (χ1n) is 9.29. The summed E-state index contributed by atoms with van der Waals surface area (Å²) in [6, 6.07) is 11.6. The highest BCUT2D eigenvalue weighted by Gasteiger charge is 2.20. The summed E-state index contributed by atoms with van der Waals surface area (Å²) in [6.45, 7) is 2.64. The Morgan fingerprint density at radius 1 is 1.07 bits per heavy atom. The smallest absolute Gasteiger partial charge is 0.265 e. The number of anilines is 1. The predicted molar refractivity (Wildman–Crippen MR) is 107 cm³/mol. The number of benzene rings is 2. The molecule has 8 heteroatoms. The molecule has 28 heavy (non-hydrogen) atoms. The molecule has 1 aromatic heterocycles. The van der Waals surface area contributed by atoms with E-state index in [2.05, 4.69) is 19.5 Å². The van der Waals surface area contributed by atoms with Gasteiger partial charge in [-0.3, -0.25) is 4.72 Å². The molecule has 0 saturated carbocycles. The summed E-state index contributed by atoms with van der Waals surface area (Å²) < 4.78 is 30.2. The molecule has 7 nitrogen and oxygen atoms in total. The second kappa shape index (κ2) is 7.27. The van der Waals surface area contributed by atoms with Crippen LogP contribution in [-0.4, -0.2) is 28.3 Å². The Labute approximate surface area is 164 Å². The fourth-order valence-corrected chi connectivity index (χ4v) is 4.70. The first kappa shape index (κ1) is 18.5. The molecule has 146 valence electrons. The van der Waals surface area contributed by atoms with Crippen molar-refractivity contribution in [3.8, 4) is 17.1 Å². The molecule has 0 bridgehead atoms. The van der Waals surface area contributed by atoms with Crippen molar-refractivity contribution in [1.29, 1.82) is 0 Å². The fraction of sp³-hybridized carbons (Fsp3) is 0.300. The highest BCUT2D eigenvalue weighted by atomic mass is 32.2. The van der Waals surface area contributed by atoms with Gasteiger partial charge in [-0.1, -0.05) is 24.6 Å². The molecule has 0 amide bonds. The van der Waals surface area contributed by atoms with Crippen LogP contribution in [0, 0.1) is 6.92 Å². The molecule has 1 aliphatic rings. The van der Waals surface area contributed by atoms with Crippen LogP contribution in [0.2, 0.25) is 0 Å². The molecule has 0 spiro atoms. The summed E-state index contributed by atoms with van der Waals surface area (Å²) in [6.07, 6.45) is 4.27. The van der Waals surface area contributed by atoms with Crippen LogP contribution < -0.4 is 4.72 Å². The van der Waals surface area contributed by atoms with Gasteiger partial charge in [0.25, 0.3) is 10.0 Å². The molecule has 2 aromatic carbocycles. The largest absolute Gasteiger partial charge is 0.507 e. The summed E-state index contributed by atoms with van der Waals surface area (Å²) in [7, 11) is -3.92. The maximum absolute atomic E-state index is 12.7. The van der Waals surface area contributed by atoms with E-state index in [0.717, 1.165) is 48.6 Å². The molecule has 0 radical (unpaired) electrons. The van der Waals surface area contributed by atoms with Crippen molar-refractivity contribution in [2.24, 2.45) is 0 Å². The zero-order chi connectivity index (χ0) is 19.7. The summed E-state index contributed by atoms with van der Waals surface area (Å²) in [5.74, 6) is 1.44. The van der Waals surface area contributed by atoms with E-state index in [-0.39, 0.29) is 10.6 Å². The van der Waals surface area contributed by atoms with Gasteiger partial charge in [-0.05, 0) is 49.6 Å². The lowest BCUT2D eigenvalue weighted by Crippen LogP contribution is -2.13. The second-order valence-corrected chi connectivity index (χ2v) is 8.71. The van der Waals surface area contributed by atoms with Crippen LogP contribution >= 0.6 is 0 Å². The van der Waals surface area contributed by atoms with Crippen LogP contribution in [-0.2, 0) is 23.0 Å². The minimum atomic E-state index is -3.92. The molecule has 1 aliphatic heterocycles. The van der Waals surface area contributed by atoms with E-state index in [1.54, 1.807) is 31.2 Å². The van der Waals surface area contributed by atoms with Crippen molar-refractivity contribution in [2.75, 3.05) is 4.72 Å². The van der Waals surface area contributed by atoms with Crippen molar-refractivity contribution in [3.05, 3.63) is 53.9 Å². The molecular weight excluding hydrogens is 376 g/mol. The number of fused-ring (bicyclic) bond motifs is 1. The minimum Gasteiger partial charge on any atom is -0.507 e. The standard InChI is InChI=1S/C20H22N4O3S/c1-14-9-10-17(25)18(12-14)28(26,27)23-16-7-5-6-15(13-16)20-22-21-19-8-3-2-4-11-24(19)20/h5-7,9-10,12-13,23,25H,2-4,8,11H2,1H3. The van der Waals surface area contributed by atoms with Gasteiger partial charge in [-0.15, -0.1) is 10.2 Å². The average Bonchev–Trinajstić information content (AvgIpc) is 2.92. The first-order chi connectivity index (χ1) is 13.4. The lowest BCUT2D eigenvalue weighted by atomic mass is 10.2. The van der Waals surface area contributed by atoms with Crippen LogP contribution in [0.5, 0.6) is 5.75 Å². The van der Waals surface area contributed by atoms with Crippen molar-refractivity contribution >= 4 is 15.7 Å². The number of aromatic nitrogens is 3. The third kappa shape index (κ3) is 3.60. The predicted octanol–water partition coefficient (Wildman–Crippen LogP) is 3.49. The van der Waals surface area contributed by atoms with Crippen LogP contribution in [0.3, 0.4) is 0 Å². The molecule has 4 rings (SSSR count). The number of hydrogen-bond donors (Lipinski definition) is 2. The molecular formula is C20H22N4O3S. The molecule has 0 atom stereocenters. The van der Waals surface area contributed by atoms with Crippen LogP contribution in [0.25, 0.3) is 11.4 Å². The molecule has 2 N–H and O–H groups in total. The maximum Gasteiger partial charge on any atom is 0.265 e. The van der Waals surface area contributed by atoms with E-state index in [1.165, 1.54) is 18.6 Å². The van der Waals surface area contributed by atoms with Gasteiger partial charge in [-0.2, -0.15) is 0 Å². The summed E-state index contributed by atoms with van der Waals surface area (Å²) in [5, 5.41) is 18.6. The number of rotatable bonds is 4. The number of hydrogen-bond acceptors (Lipinski definition) is 5. The quantitative estimate of drug-likeness (QED) is 0.701. The number of phenolic OH excluding ortho intramolecular Hbond substituents is 1. The molecule has 0 fully saturated rings. The van der Waals surface area contributed by atoms with Gasteiger partial charge >= 0.3 is 0 Å². The van der Waals surface area contributed by atoms with Gasteiger partial charge in [0.05, 0.1) is 0 Å². The Kier molecular flexibility index (Phi) is 4.80. The Morgan fingerprint density at radius 2 is 1.93 bits per heavy atom. The molecule has 0 aliphatic carbocycles. The SMILES string of the molecule is Cc1ccc(O)c(S(=O)(=O)Nc2cccc(-c3nnc4n3CCCCC4)c2)c1. The van der Waals surface area contributed by atoms with Gasteiger partial charge in [0.1, 0.15) is 16.5 Å². The number of nitrogens with one attached hydrogen (secondary N) is 1. The molecule has 0 unspecified atom stereocenters. The fourth-order valence-electron chi connectivity index (χ4n) is 3.47. The number of aryl methyl sites for hydroxylation is 2. The number of sulfonamides is 1. The van der Waals surface area contributed by atoms with Crippen LogP contribution in [0.15, 0.2) is 47.4 Å². The first-order valence-corrected chi connectivity index (χ1v) is 10.8. The zero-order valence-corrected chi connectivity index (χ0v) is 16.4. The normalized spacial score (nSPS) is 14.3. The summed E-state index contributed by atoms with van der Waals surface area (Å²) in [4.78, 5) is -0.144. The van der Waals surface area contributed by atoms with E-state index < -0.39 is 10.0 Å². The van der Waals surface area contributed by atoms with E-state index in [4.69, 9.17) is 0 Å². The number of phenols is 1. The molecule has 3 aromatic rings. The van der Waals surface area contributed by atoms with E-state index in [1.807, 2.05) is 6.07 Å². The van der Waals surface area contributed by atoms with E-state index in [9.17, 15) is 13.5 Å². The monoisotopic (exact) mass is 398 g/mol. The maximum atomic E-state index is 12.7. The van der Waals surface area contributed by atoms with Gasteiger partial charge < -0.3 is 9.67 Å². The van der Waals surface area contributed by atoms with E-state index >= 15 is 0 Å². The van der Waals surface area contributed by atoms with Gasteiger partial charge in [0.15, 0.2) is 5.82 Å². The Bertz CT molecular complexity index is 1120. The third-order valence-corrected chi connectivity index (χ3v) is 6.30. The molecule has 0 saturated heterocycles. The molecule has 2 heterocycles. The van der Waals surface area contributed by atoms with Gasteiger partial charge in [0, 0.05) is 24.2 Å². The van der Waals surface area contributed by atoms with Crippen molar-refractivity contribution in [2.45, 2.75) is 44.0 Å². The average molecular weight is 398 g/mol. The third-order valence-electron chi connectivity index (χ3n) is 4.89. The topological polar surface area (TPSA) is 97.1 Å². The Hall–Kier alpha value is -2.87. The van der Waals surface area contributed by atoms with E-state index in [0.29, 0.717) is 5.69 Å². The summed E-state index contributed by atoms with van der Waals surface area (Å²) >= 11 is 0. The van der Waals surface area contributed by atoms with Crippen molar-refractivity contribution in [3.63, 3.8) is 0 Å². The van der Waals surface area contributed by atoms with Crippen molar-refractivity contribution < 1.29 is 13.5 Å². The lowest BCUT2D eigenvalue weighted by Gasteiger charge is -2.12. The zero-order valence-electron chi connectivity index (χ0n) is 15.6. The highest BCUT2D eigenvalue weighted by Crippen LogP contribution is 2.28. The Balaban J connectivity index is 1.67. The van der Waals surface area contributed by atoms with Crippen LogP contribution in [0.4, 0.5) is 5.69 Å². The minimum absolute atomic E-state index is 0.144. The number of nitrogens with zero attached hydrogens (tertiary/aromatic N) is 3. The second-order valence-electron chi connectivity index (χ2n) is 7.06. The summed E-state index contributed by atoms with van der Waals surface area (Å²) in [5.41, 5.74) is 1.96. The van der Waals surface area contributed by atoms with Crippen molar-refractivity contribution in [1.82, 2.24) is 14.8 Å². The van der Waals surface area contributed by atoms with Gasteiger partial charge in [0.2, 0.25) is 0 Å². The van der Waals surface area contributed by atoms with Gasteiger partial charge in [-0.25, -0.2) is 8.42 Å². The Morgan fingerprint density at radius 3 is 2.79 bits per heavy atom. The highest BCUT2D eigenvalue weighted by molar-refractivity contribution is 7.92. The number of aromatic hydroxyl groups is 1. The lowest BCUT2D eigenvalue weighted by molar-refractivity contribution is 0.459. The van der Waals surface area contributed by atoms with Crippen LogP contribution in [0.1, 0.15) is 30.7 Å².